The molecule has 0 aromatic carbocycles. The van der Waals surface area contributed by atoms with Gasteiger partial charge in [0.05, 0.1) is 5.60 Å². The van der Waals surface area contributed by atoms with Crippen LogP contribution in [-0.4, -0.2) is 35.7 Å². The van der Waals surface area contributed by atoms with Crippen molar-refractivity contribution in [3.8, 4) is 0 Å². The molecule has 2 rings (SSSR count). The number of carbonyl (C=O) groups excluding carboxylic acids is 1. The van der Waals surface area contributed by atoms with Crippen molar-refractivity contribution in [2.45, 2.75) is 70.4 Å². The molecule has 0 unspecified atom stereocenters. The Morgan fingerprint density at radius 1 is 1.21 bits per heavy atom. The Labute approximate surface area is 116 Å². The topological polar surface area (TPSA) is 61.4 Å². The molecule has 4 nitrogen and oxygen atoms in total. The van der Waals surface area contributed by atoms with Crippen LogP contribution in [0, 0.1) is 5.41 Å². The van der Waals surface area contributed by atoms with E-state index in [1.54, 1.807) is 0 Å². The lowest BCUT2D eigenvalue weighted by atomic mass is 9.71. The van der Waals surface area contributed by atoms with Crippen molar-refractivity contribution in [2.24, 2.45) is 5.41 Å². The standard InChI is InChI=1S/C15H28N2O2/c1-14(2)6-8-15(19,9-7-14)11-17-13(18)5-10-16-12-3-4-12/h12,16,19H,3-11H2,1-2H3,(H,17,18). The first-order chi connectivity index (χ1) is 8.89. The number of aliphatic hydroxyl groups is 1. The van der Waals surface area contributed by atoms with Gasteiger partial charge in [0.25, 0.3) is 0 Å². The SMILES string of the molecule is CC1(C)CCC(O)(CNC(=O)CCNC2CC2)CC1. The number of amides is 1. The van der Waals surface area contributed by atoms with E-state index in [9.17, 15) is 9.90 Å². The summed E-state index contributed by atoms with van der Waals surface area (Å²) in [6.07, 6.45) is 6.65. The maximum Gasteiger partial charge on any atom is 0.221 e. The van der Waals surface area contributed by atoms with Crippen molar-refractivity contribution >= 4 is 5.91 Å². The summed E-state index contributed by atoms with van der Waals surface area (Å²) in [5.74, 6) is 0.0476. The van der Waals surface area contributed by atoms with Gasteiger partial charge in [0.15, 0.2) is 0 Å². The molecule has 2 saturated carbocycles. The molecule has 0 aromatic heterocycles. The first kappa shape index (κ1) is 14.8. The first-order valence-corrected chi connectivity index (χ1v) is 7.61. The molecule has 0 heterocycles. The predicted molar refractivity (Wildman–Crippen MR) is 75.9 cm³/mol. The van der Waals surface area contributed by atoms with Crippen LogP contribution in [0.1, 0.15) is 58.8 Å². The lowest BCUT2D eigenvalue weighted by Crippen LogP contribution is -2.46. The second kappa shape index (κ2) is 5.80. The van der Waals surface area contributed by atoms with E-state index in [1.807, 2.05) is 0 Å². The fraction of sp³-hybridized carbons (Fsp3) is 0.933. The summed E-state index contributed by atoms with van der Waals surface area (Å²) in [7, 11) is 0. The highest BCUT2D eigenvalue weighted by molar-refractivity contribution is 5.76. The largest absolute Gasteiger partial charge is 0.388 e. The molecule has 0 bridgehead atoms. The van der Waals surface area contributed by atoms with E-state index < -0.39 is 5.60 Å². The lowest BCUT2D eigenvalue weighted by Gasteiger charge is -2.40. The highest BCUT2D eigenvalue weighted by Gasteiger charge is 2.36. The van der Waals surface area contributed by atoms with Gasteiger partial charge in [-0.25, -0.2) is 0 Å². The number of rotatable bonds is 6. The molecule has 1 amide bonds. The molecule has 0 spiro atoms. The number of nitrogens with one attached hydrogen (secondary N) is 2. The van der Waals surface area contributed by atoms with E-state index in [0.717, 1.165) is 32.2 Å². The Bertz CT molecular complexity index is 314. The van der Waals surface area contributed by atoms with Crippen molar-refractivity contribution < 1.29 is 9.90 Å². The Balaban J connectivity index is 1.62. The molecule has 110 valence electrons. The van der Waals surface area contributed by atoms with Crippen LogP contribution in [0.25, 0.3) is 0 Å². The van der Waals surface area contributed by atoms with Gasteiger partial charge in [-0.1, -0.05) is 13.8 Å². The number of hydrogen-bond acceptors (Lipinski definition) is 3. The Hall–Kier alpha value is -0.610. The van der Waals surface area contributed by atoms with Gasteiger partial charge < -0.3 is 15.7 Å². The highest BCUT2D eigenvalue weighted by Crippen LogP contribution is 2.39. The Kier molecular flexibility index (Phi) is 4.51. The molecule has 0 aromatic rings. The van der Waals surface area contributed by atoms with E-state index in [-0.39, 0.29) is 5.91 Å². The average molecular weight is 268 g/mol. The van der Waals surface area contributed by atoms with Gasteiger partial charge in [-0.15, -0.1) is 0 Å². The molecule has 0 aliphatic heterocycles. The summed E-state index contributed by atoms with van der Waals surface area (Å²) >= 11 is 0. The minimum atomic E-state index is -0.685. The van der Waals surface area contributed by atoms with Gasteiger partial charge in [0.2, 0.25) is 5.91 Å². The zero-order valence-electron chi connectivity index (χ0n) is 12.3. The fourth-order valence-corrected chi connectivity index (χ4v) is 2.60. The average Bonchev–Trinajstić information content (AvgIpc) is 3.16. The Morgan fingerprint density at radius 3 is 2.42 bits per heavy atom. The van der Waals surface area contributed by atoms with E-state index in [0.29, 0.717) is 24.4 Å². The summed E-state index contributed by atoms with van der Waals surface area (Å²) in [6.45, 7) is 5.65. The maximum atomic E-state index is 11.7. The quantitative estimate of drug-likeness (QED) is 0.685. The molecule has 2 aliphatic rings. The normalized spacial score (nSPS) is 25.0. The van der Waals surface area contributed by atoms with Gasteiger partial charge in [0, 0.05) is 25.6 Å². The van der Waals surface area contributed by atoms with E-state index in [2.05, 4.69) is 24.5 Å². The summed E-state index contributed by atoms with van der Waals surface area (Å²) in [5, 5.41) is 16.7. The highest BCUT2D eigenvalue weighted by atomic mass is 16.3. The van der Waals surface area contributed by atoms with Gasteiger partial charge >= 0.3 is 0 Å². The van der Waals surface area contributed by atoms with Crippen molar-refractivity contribution in [1.29, 1.82) is 0 Å². The van der Waals surface area contributed by atoms with Gasteiger partial charge in [-0.2, -0.15) is 0 Å². The number of carbonyl (C=O) groups is 1. The van der Waals surface area contributed by atoms with Crippen LogP contribution in [0.4, 0.5) is 0 Å². The van der Waals surface area contributed by atoms with Gasteiger partial charge in [-0.3, -0.25) is 4.79 Å². The molecular formula is C15H28N2O2. The first-order valence-electron chi connectivity index (χ1n) is 7.61. The smallest absolute Gasteiger partial charge is 0.221 e. The van der Waals surface area contributed by atoms with Crippen LogP contribution >= 0.6 is 0 Å². The van der Waals surface area contributed by atoms with Gasteiger partial charge in [0.1, 0.15) is 0 Å². The predicted octanol–water partition coefficient (Wildman–Crippen LogP) is 1.58. The van der Waals surface area contributed by atoms with E-state index in [4.69, 9.17) is 0 Å². The molecule has 0 radical (unpaired) electrons. The minimum Gasteiger partial charge on any atom is -0.388 e. The second-order valence-electron chi connectivity index (χ2n) is 7.14. The Morgan fingerprint density at radius 2 is 1.84 bits per heavy atom. The van der Waals surface area contributed by atoms with Crippen LogP contribution in [0.15, 0.2) is 0 Å². The van der Waals surface area contributed by atoms with Crippen molar-refractivity contribution in [3.63, 3.8) is 0 Å². The molecule has 19 heavy (non-hydrogen) atoms. The van der Waals surface area contributed by atoms with Crippen LogP contribution in [-0.2, 0) is 4.79 Å². The second-order valence-corrected chi connectivity index (χ2v) is 7.14. The third-order valence-corrected chi connectivity index (χ3v) is 4.51. The van der Waals surface area contributed by atoms with Crippen LogP contribution in [0.2, 0.25) is 0 Å². The monoisotopic (exact) mass is 268 g/mol. The molecule has 4 heteroatoms. The maximum absolute atomic E-state index is 11.7. The summed E-state index contributed by atoms with van der Waals surface area (Å²) in [5.41, 5.74) is -0.348. The van der Waals surface area contributed by atoms with Gasteiger partial charge in [-0.05, 0) is 43.9 Å². The third-order valence-electron chi connectivity index (χ3n) is 4.51. The van der Waals surface area contributed by atoms with Crippen LogP contribution in [0.3, 0.4) is 0 Å². The zero-order valence-corrected chi connectivity index (χ0v) is 12.3. The summed E-state index contributed by atoms with van der Waals surface area (Å²) in [6, 6.07) is 0.651. The molecular weight excluding hydrogens is 240 g/mol. The molecule has 0 atom stereocenters. The van der Waals surface area contributed by atoms with Crippen molar-refractivity contribution in [1.82, 2.24) is 10.6 Å². The molecule has 2 fully saturated rings. The van der Waals surface area contributed by atoms with E-state index in [1.165, 1.54) is 12.8 Å². The van der Waals surface area contributed by atoms with E-state index >= 15 is 0 Å². The van der Waals surface area contributed by atoms with Crippen molar-refractivity contribution in [3.05, 3.63) is 0 Å². The zero-order chi connectivity index (χ0) is 13.9. The van der Waals surface area contributed by atoms with Crippen molar-refractivity contribution in [2.75, 3.05) is 13.1 Å². The molecule has 3 N–H and O–H groups in total. The fourth-order valence-electron chi connectivity index (χ4n) is 2.60. The summed E-state index contributed by atoms with van der Waals surface area (Å²) in [4.78, 5) is 11.7. The van der Waals surface area contributed by atoms with Crippen LogP contribution in [0.5, 0.6) is 0 Å². The summed E-state index contributed by atoms with van der Waals surface area (Å²) < 4.78 is 0. The minimum absolute atomic E-state index is 0.0476. The molecule has 0 saturated heterocycles. The van der Waals surface area contributed by atoms with Crippen LogP contribution < -0.4 is 10.6 Å². The lowest BCUT2D eigenvalue weighted by molar-refractivity contribution is -0.123. The number of hydrogen-bond donors (Lipinski definition) is 3. The third kappa shape index (κ3) is 5.11. The molecule has 2 aliphatic carbocycles.